The molecule has 0 aromatic heterocycles. The first-order valence-electron chi connectivity index (χ1n) is 34.2. The number of carbonyl (C=O) groups is 3. The fourth-order valence-corrected chi connectivity index (χ4v) is 9.78. The van der Waals surface area contributed by atoms with Crippen molar-refractivity contribution < 1.29 is 28.6 Å². The fourth-order valence-electron chi connectivity index (χ4n) is 9.78. The van der Waals surface area contributed by atoms with Crippen LogP contribution in [0.3, 0.4) is 0 Å². The maximum absolute atomic E-state index is 13.0. The summed E-state index contributed by atoms with van der Waals surface area (Å²) in [6.07, 6.45) is 91.3. The summed E-state index contributed by atoms with van der Waals surface area (Å²) in [6, 6.07) is 0. The molecule has 0 spiro atoms. The van der Waals surface area contributed by atoms with Crippen LogP contribution in [0, 0.1) is 0 Å². The van der Waals surface area contributed by atoms with Crippen LogP contribution in [0.2, 0.25) is 0 Å². The number of carbonyl (C=O) groups excluding carboxylic acids is 3. The minimum absolute atomic E-state index is 0.0806. The summed E-state index contributed by atoms with van der Waals surface area (Å²) < 4.78 is 17.0. The molecule has 0 amide bonds. The molecule has 0 aliphatic carbocycles. The molecule has 0 aliphatic heterocycles. The molecule has 0 radical (unpaired) electrons. The van der Waals surface area contributed by atoms with Crippen LogP contribution < -0.4 is 0 Å². The van der Waals surface area contributed by atoms with Gasteiger partial charge in [0.15, 0.2) is 6.10 Å². The van der Waals surface area contributed by atoms with Crippen molar-refractivity contribution in [1.29, 1.82) is 0 Å². The van der Waals surface area contributed by atoms with Crippen LogP contribution in [0.5, 0.6) is 0 Å². The van der Waals surface area contributed by atoms with Crippen molar-refractivity contribution >= 4 is 17.9 Å². The van der Waals surface area contributed by atoms with E-state index >= 15 is 0 Å². The van der Waals surface area contributed by atoms with Gasteiger partial charge in [0, 0.05) is 19.3 Å². The standard InChI is InChI=1S/C74H128O6/c1-4-7-10-13-16-19-22-25-28-31-34-37-40-43-46-49-52-55-58-61-64-67-73(76)79-70-71(69-78-72(75)66-63-60-57-54-51-48-45-42-39-36-33-30-27-24-21-18-15-12-9-6-3)80-74(77)68-65-62-59-56-53-50-47-44-41-38-35-32-29-26-23-20-17-14-11-8-5-2/h7-8,10-11,16-17,19-20,25-26,28-29,34-35,37-38,71H,4-6,9,12-15,18,21-24,27,30-33,36,39-70H2,1-3H3/b10-7-,11-8-,19-16-,20-17-,28-25-,29-26-,37-34-,38-35-. The van der Waals surface area contributed by atoms with Crippen molar-refractivity contribution in [2.45, 2.75) is 341 Å². The second kappa shape index (κ2) is 67.8. The Bertz CT molecular complexity index is 1560. The highest BCUT2D eigenvalue weighted by molar-refractivity contribution is 5.71. The third kappa shape index (κ3) is 65.1. The van der Waals surface area contributed by atoms with Crippen LogP contribution in [0.1, 0.15) is 335 Å². The summed E-state index contributed by atoms with van der Waals surface area (Å²) in [6.45, 7) is 6.45. The summed E-state index contributed by atoms with van der Waals surface area (Å²) in [5.74, 6) is -0.880. The van der Waals surface area contributed by atoms with Crippen LogP contribution in [0.4, 0.5) is 0 Å². The van der Waals surface area contributed by atoms with E-state index < -0.39 is 6.10 Å². The molecular formula is C74H128O6. The molecular weight excluding hydrogens is 985 g/mol. The molecule has 1 atom stereocenters. The van der Waals surface area contributed by atoms with Gasteiger partial charge in [-0.1, -0.05) is 317 Å². The van der Waals surface area contributed by atoms with E-state index in [4.69, 9.17) is 14.2 Å². The molecule has 0 rings (SSSR count). The van der Waals surface area contributed by atoms with Gasteiger partial charge in [-0.3, -0.25) is 14.4 Å². The van der Waals surface area contributed by atoms with Crippen LogP contribution in [0.15, 0.2) is 97.2 Å². The normalized spacial score (nSPS) is 12.7. The molecule has 0 heterocycles. The molecule has 0 aliphatic rings. The molecule has 460 valence electrons. The van der Waals surface area contributed by atoms with Gasteiger partial charge < -0.3 is 14.2 Å². The zero-order valence-electron chi connectivity index (χ0n) is 52.8. The predicted molar refractivity (Wildman–Crippen MR) is 348 cm³/mol. The summed E-state index contributed by atoms with van der Waals surface area (Å²) in [5, 5.41) is 0. The molecule has 0 bridgehead atoms. The lowest BCUT2D eigenvalue weighted by Gasteiger charge is -2.18. The minimum Gasteiger partial charge on any atom is -0.462 e. The molecule has 1 unspecified atom stereocenters. The van der Waals surface area contributed by atoms with Crippen molar-refractivity contribution in [3.8, 4) is 0 Å². The van der Waals surface area contributed by atoms with E-state index in [-0.39, 0.29) is 31.1 Å². The van der Waals surface area contributed by atoms with E-state index in [2.05, 4.69) is 118 Å². The fraction of sp³-hybridized carbons (Fsp3) is 0.743. The zero-order valence-corrected chi connectivity index (χ0v) is 52.8. The van der Waals surface area contributed by atoms with Crippen molar-refractivity contribution in [3.05, 3.63) is 97.2 Å². The Morgan fingerprint density at radius 1 is 0.263 bits per heavy atom. The molecule has 0 aromatic rings. The molecule has 6 nitrogen and oxygen atoms in total. The number of unbranched alkanes of at least 4 members (excludes halogenated alkanes) is 35. The maximum atomic E-state index is 13.0. The van der Waals surface area contributed by atoms with Crippen LogP contribution in [-0.2, 0) is 28.6 Å². The minimum atomic E-state index is -0.787. The zero-order chi connectivity index (χ0) is 57.8. The van der Waals surface area contributed by atoms with Gasteiger partial charge in [0.25, 0.3) is 0 Å². The summed E-state index contributed by atoms with van der Waals surface area (Å²) >= 11 is 0. The number of ether oxygens (including phenoxy) is 3. The van der Waals surface area contributed by atoms with E-state index in [0.717, 1.165) is 122 Å². The van der Waals surface area contributed by atoms with E-state index in [1.165, 1.54) is 173 Å². The Morgan fingerprint density at radius 3 is 0.762 bits per heavy atom. The lowest BCUT2D eigenvalue weighted by Crippen LogP contribution is -2.30. The topological polar surface area (TPSA) is 78.9 Å². The largest absolute Gasteiger partial charge is 0.462 e. The highest BCUT2D eigenvalue weighted by Gasteiger charge is 2.19. The van der Waals surface area contributed by atoms with E-state index in [0.29, 0.717) is 19.3 Å². The lowest BCUT2D eigenvalue weighted by molar-refractivity contribution is -0.167. The second-order valence-corrected chi connectivity index (χ2v) is 22.7. The Balaban J connectivity index is 4.39. The van der Waals surface area contributed by atoms with Crippen molar-refractivity contribution in [2.24, 2.45) is 0 Å². The number of rotatable bonds is 62. The summed E-state index contributed by atoms with van der Waals surface area (Å²) in [4.78, 5) is 38.5. The molecule has 6 heteroatoms. The molecule has 0 N–H and O–H groups in total. The first-order valence-corrected chi connectivity index (χ1v) is 34.2. The van der Waals surface area contributed by atoms with Crippen molar-refractivity contribution in [3.63, 3.8) is 0 Å². The van der Waals surface area contributed by atoms with Gasteiger partial charge in [0.05, 0.1) is 0 Å². The van der Waals surface area contributed by atoms with Gasteiger partial charge in [-0.15, -0.1) is 0 Å². The number of hydrogen-bond donors (Lipinski definition) is 0. The number of allylic oxidation sites excluding steroid dienone is 16. The highest BCUT2D eigenvalue weighted by atomic mass is 16.6. The van der Waals surface area contributed by atoms with Gasteiger partial charge in [0.1, 0.15) is 13.2 Å². The van der Waals surface area contributed by atoms with E-state index in [1.54, 1.807) is 0 Å². The SMILES string of the molecule is CC/C=C\C/C=C\C/C=C\C/C=C\CCCCCCCCCCC(=O)OCC(COC(=O)CCCCCCCCCCCCCCCCCCCCCC)OC(=O)CCCCCCCCCC/C=C\C/C=C\C/C=C\C/C=C\CC. The molecule has 80 heavy (non-hydrogen) atoms. The third-order valence-corrected chi connectivity index (χ3v) is 14.8. The van der Waals surface area contributed by atoms with Gasteiger partial charge in [-0.25, -0.2) is 0 Å². The van der Waals surface area contributed by atoms with Gasteiger partial charge >= 0.3 is 17.9 Å². The van der Waals surface area contributed by atoms with Crippen molar-refractivity contribution in [1.82, 2.24) is 0 Å². The van der Waals surface area contributed by atoms with E-state index in [1.807, 2.05) is 0 Å². The maximum Gasteiger partial charge on any atom is 0.306 e. The number of hydrogen-bond acceptors (Lipinski definition) is 6. The average molecular weight is 1110 g/mol. The van der Waals surface area contributed by atoms with Crippen LogP contribution in [0.25, 0.3) is 0 Å². The summed E-state index contributed by atoms with van der Waals surface area (Å²) in [5.41, 5.74) is 0. The van der Waals surface area contributed by atoms with Gasteiger partial charge in [0.2, 0.25) is 0 Å². The van der Waals surface area contributed by atoms with Crippen LogP contribution in [-0.4, -0.2) is 37.2 Å². The molecule has 0 aromatic carbocycles. The molecule has 0 fully saturated rings. The summed E-state index contributed by atoms with van der Waals surface area (Å²) in [7, 11) is 0. The Labute approximate surface area is 496 Å². The Hall–Kier alpha value is -3.67. The third-order valence-electron chi connectivity index (χ3n) is 14.8. The van der Waals surface area contributed by atoms with Gasteiger partial charge in [-0.05, 0) is 96.3 Å². The molecule has 0 saturated carbocycles. The lowest BCUT2D eigenvalue weighted by atomic mass is 10.0. The smallest absolute Gasteiger partial charge is 0.306 e. The quantitative estimate of drug-likeness (QED) is 0.0261. The first-order chi connectivity index (χ1) is 39.5. The van der Waals surface area contributed by atoms with Gasteiger partial charge in [-0.2, -0.15) is 0 Å². The first kappa shape index (κ1) is 76.3. The average Bonchev–Trinajstić information content (AvgIpc) is 3.46. The van der Waals surface area contributed by atoms with Crippen molar-refractivity contribution in [2.75, 3.05) is 13.2 Å². The van der Waals surface area contributed by atoms with Crippen LogP contribution >= 0.6 is 0 Å². The molecule has 0 saturated heterocycles. The second-order valence-electron chi connectivity index (χ2n) is 22.7. The highest BCUT2D eigenvalue weighted by Crippen LogP contribution is 2.17. The Kier molecular flexibility index (Phi) is 64.7. The Morgan fingerprint density at radius 2 is 0.487 bits per heavy atom. The predicted octanol–water partition coefficient (Wildman–Crippen LogP) is 23.6. The number of esters is 3. The monoisotopic (exact) mass is 1110 g/mol. The van der Waals surface area contributed by atoms with E-state index in [9.17, 15) is 14.4 Å².